The van der Waals surface area contributed by atoms with Crippen LogP contribution in [0.25, 0.3) is 0 Å². The first-order chi connectivity index (χ1) is 8.58. The minimum Gasteiger partial charge on any atom is -0.497 e. The average Bonchev–Trinajstić information content (AvgIpc) is 2.33. The molecular formula is C14H22N2O2. The van der Waals surface area contributed by atoms with E-state index in [-0.39, 0.29) is 6.10 Å². The number of aromatic nitrogens is 1. The zero-order valence-electron chi connectivity index (χ0n) is 11.4. The standard InChI is InChI=1S/C14H22N2O2/c1-10-8-16(5-4-14(10)17)9-12-7-13(18-3)6-11(2)15-12/h6-7,10,14,17H,4-5,8-9H2,1-3H3. The Hall–Kier alpha value is -1.13. The Morgan fingerprint density at radius 3 is 2.94 bits per heavy atom. The van der Waals surface area contributed by atoms with E-state index in [0.717, 1.165) is 43.2 Å². The van der Waals surface area contributed by atoms with Crippen LogP contribution in [-0.4, -0.2) is 41.3 Å². The number of hydrogen-bond donors (Lipinski definition) is 1. The number of piperidine rings is 1. The van der Waals surface area contributed by atoms with E-state index in [1.54, 1.807) is 7.11 Å². The van der Waals surface area contributed by atoms with Gasteiger partial charge in [-0.2, -0.15) is 0 Å². The van der Waals surface area contributed by atoms with Crippen LogP contribution in [0.1, 0.15) is 24.7 Å². The molecule has 0 amide bonds. The molecule has 2 rings (SSSR count). The first kappa shape index (κ1) is 13.3. The van der Waals surface area contributed by atoms with E-state index in [0.29, 0.717) is 5.92 Å². The number of aliphatic hydroxyl groups is 1. The topological polar surface area (TPSA) is 45.6 Å². The third-order valence-electron chi connectivity index (χ3n) is 3.55. The van der Waals surface area contributed by atoms with Crippen LogP contribution in [0.3, 0.4) is 0 Å². The average molecular weight is 250 g/mol. The Bertz CT molecular complexity index is 409. The normalized spacial score (nSPS) is 25.1. The summed E-state index contributed by atoms with van der Waals surface area (Å²) < 4.78 is 5.26. The Morgan fingerprint density at radius 1 is 1.50 bits per heavy atom. The first-order valence-electron chi connectivity index (χ1n) is 6.50. The number of nitrogens with zero attached hydrogens (tertiary/aromatic N) is 2. The summed E-state index contributed by atoms with van der Waals surface area (Å²) in [5, 5.41) is 9.73. The van der Waals surface area contributed by atoms with Crippen LogP contribution in [0.2, 0.25) is 0 Å². The third-order valence-corrected chi connectivity index (χ3v) is 3.55. The molecule has 0 bridgehead atoms. The van der Waals surface area contributed by atoms with E-state index in [2.05, 4.69) is 16.8 Å². The zero-order valence-corrected chi connectivity index (χ0v) is 11.4. The molecule has 0 aliphatic carbocycles. The highest BCUT2D eigenvalue weighted by Crippen LogP contribution is 2.20. The Balaban J connectivity index is 2.03. The molecule has 2 atom stereocenters. The number of likely N-dealkylation sites (tertiary alicyclic amines) is 1. The van der Waals surface area contributed by atoms with E-state index in [4.69, 9.17) is 4.74 Å². The molecule has 1 aliphatic heterocycles. The summed E-state index contributed by atoms with van der Waals surface area (Å²) in [5.74, 6) is 1.20. The molecule has 2 unspecified atom stereocenters. The Morgan fingerprint density at radius 2 is 2.28 bits per heavy atom. The SMILES string of the molecule is COc1cc(C)nc(CN2CCC(O)C(C)C2)c1. The van der Waals surface area contributed by atoms with Crippen LogP contribution in [-0.2, 0) is 6.54 Å². The van der Waals surface area contributed by atoms with Crippen molar-refractivity contribution in [3.05, 3.63) is 23.5 Å². The Labute approximate surface area is 109 Å². The van der Waals surface area contributed by atoms with Gasteiger partial charge in [-0.3, -0.25) is 9.88 Å². The van der Waals surface area contributed by atoms with E-state index < -0.39 is 0 Å². The first-order valence-corrected chi connectivity index (χ1v) is 6.50. The second-order valence-corrected chi connectivity index (χ2v) is 5.21. The number of methoxy groups -OCH3 is 1. The molecule has 1 saturated heterocycles. The minimum absolute atomic E-state index is 0.152. The van der Waals surface area contributed by atoms with Gasteiger partial charge >= 0.3 is 0 Å². The quantitative estimate of drug-likeness (QED) is 0.885. The van der Waals surface area contributed by atoms with E-state index in [1.165, 1.54) is 0 Å². The van der Waals surface area contributed by atoms with Gasteiger partial charge in [0, 0.05) is 37.5 Å². The molecule has 100 valence electrons. The van der Waals surface area contributed by atoms with E-state index in [1.807, 2.05) is 19.1 Å². The third kappa shape index (κ3) is 3.21. The minimum atomic E-state index is -0.152. The van der Waals surface area contributed by atoms with Crippen molar-refractivity contribution in [2.45, 2.75) is 32.9 Å². The van der Waals surface area contributed by atoms with Gasteiger partial charge in [0.2, 0.25) is 0 Å². The van der Waals surface area contributed by atoms with Crippen molar-refractivity contribution < 1.29 is 9.84 Å². The number of aryl methyl sites for hydroxylation is 1. The van der Waals surface area contributed by atoms with Gasteiger partial charge in [-0.25, -0.2) is 0 Å². The van der Waals surface area contributed by atoms with Crippen molar-refractivity contribution in [3.63, 3.8) is 0 Å². The van der Waals surface area contributed by atoms with Gasteiger partial charge in [0.1, 0.15) is 5.75 Å². The fraction of sp³-hybridized carbons (Fsp3) is 0.643. The van der Waals surface area contributed by atoms with Crippen molar-refractivity contribution in [3.8, 4) is 5.75 Å². The molecule has 0 radical (unpaired) electrons. The lowest BCUT2D eigenvalue weighted by Crippen LogP contribution is -2.41. The summed E-state index contributed by atoms with van der Waals surface area (Å²) in [7, 11) is 1.68. The second kappa shape index (κ2) is 5.67. The van der Waals surface area contributed by atoms with Crippen molar-refractivity contribution in [1.29, 1.82) is 0 Å². The van der Waals surface area contributed by atoms with Crippen molar-refractivity contribution in [2.24, 2.45) is 5.92 Å². The Kier molecular flexibility index (Phi) is 4.19. The van der Waals surface area contributed by atoms with Gasteiger partial charge in [-0.15, -0.1) is 0 Å². The predicted octanol–water partition coefficient (Wildman–Crippen LogP) is 1.60. The van der Waals surface area contributed by atoms with Gasteiger partial charge < -0.3 is 9.84 Å². The zero-order chi connectivity index (χ0) is 13.1. The van der Waals surface area contributed by atoms with Gasteiger partial charge in [-0.05, 0) is 19.3 Å². The maximum atomic E-state index is 9.73. The number of hydrogen-bond acceptors (Lipinski definition) is 4. The number of pyridine rings is 1. The molecule has 18 heavy (non-hydrogen) atoms. The molecular weight excluding hydrogens is 228 g/mol. The van der Waals surface area contributed by atoms with Gasteiger partial charge in [0.25, 0.3) is 0 Å². The summed E-state index contributed by atoms with van der Waals surface area (Å²) in [5.41, 5.74) is 2.02. The summed E-state index contributed by atoms with van der Waals surface area (Å²) in [6, 6.07) is 3.93. The van der Waals surface area contributed by atoms with Gasteiger partial charge in [0.05, 0.1) is 18.9 Å². The monoisotopic (exact) mass is 250 g/mol. The van der Waals surface area contributed by atoms with Crippen LogP contribution in [0.5, 0.6) is 5.75 Å². The molecule has 0 spiro atoms. The molecule has 0 aromatic carbocycles. The van der Waals surface area contributed by atoms with Crippen LogP contribution < -0.4 is 4.74 Å². The molecule has 1 fully saturated rings. The largest absolute Gasteiger partial charge is 0.497 e. The van der Waals surface area contributed by atoms with Gasteiger partial charge in [0.15, 0.2) is 0 Å². The van der Waals surface area contributed by atoms with Crippen molar-refractivity contribution in [1.82, 2.24) is 9.88 Å². The fourth-order valence-corrected chi connectivity index (χ4v) is 2.49. The summed E-state index contributed by atoms with van der Waals surface area (Å²) in [6.07, 6.45) is 0.700. The van der Waals surface area contributed by atoms with E-state index in [9.17, 15) is 5.11 Å². The lowest BCUT2D eigenvalue weighted by Gasteiger charge is -2.34. The maximum absolute atomic E-state index is 9.73. The van der Waals surface area contributed by atoms with Crippen LogP contribution in [0.15, 0.2) is 12.1 Å². The lowest BCUT2D eigenvalue weighted by atomic mass is 9.97. The smallest absolute Gasteiger partial charge is 0.122 e. The second-order valence-electron chi connectivity index (χ2n) is 5.21. The van der Waals surface area contributed by atoms with E-state index >= 15 is 0 Å². The van der Waals surface area contributed by atoms with Crippen LogP contribution in [0.4, 0.5) is 0 Å². The summed E-state index contributed by atoms with van der Waals surface area (Å²) in [4.78, 5) is 6.88. The molecule has 4 heteroatoms. The maximum Gasteiger partial charge on any atom is 0.122 e. The predicted molar refractivity (Wildman–Crippen MR) is 70.6 cm³/mol. The van der Waals surface area contributed by atoms with Crippen molar-refractivity contribution >= 4 is 0 Å². The number of aliphatic hydroxyl groups excluding tert-OH is 1. The molecule has 1 aliphatic rings. The van der Waals surface area contributed by atoms with Crippen LogP contribution >= 0.6 is 0 Å². The van der Waals surface area contributed by atoms with Crippen molar-refractivity contribution in [2.75, 3.05) is 20.2 Å². The molecule has 1 aromatic rings. The molecule has 2 heterocycles. The molecule has 4 nitrogen and oxygen atoms in total. The fourth-order valence-electron chi connectivity index (χ4n) is 2.49. The highest BCUT2D eigenvalue weighted by Gasteiger charge is 2.24. The summed E-state index contributed by atoms with van der Waals surface area (Å²) >= 11 is 0. The molecule has 0 saturated carbocycles. The number of ether oxygens (including phenoxy) is 1. The summed E-state index contributed by atoms with van der Waals surface area (Å²) in [6.45, 7) is 6.77. The van der Waals surface area contributed by atoms with Gasteiger partial charge in [-0.1, -0.05) is 6.92 Å². The highest BCUT2D eigenvalue weighted by atomic mass is 16.5. The van der Waals surface area contributed by atoms with Crippen LogP contribution in [0, 0.1) is 12.8 Å². The molecule has 1 aromatic heterocycles. The number of rotatable bonds is 3. The lowest BCUT2D eigenvalue weighted by molar-refractivity contribution is 0.0315. The highest BCUT2D eigenvalue weighted by molar-refractivity contribution is 5.26. The molecule has 1 N–H and O–H groups in total.